The van der Waals surface area contributed by atoms with Crippen LogP contribution in [0.15, 0.2) is 24.3 Å². The van der Waals surface area contributed by atoms with Gasteiger partial charge in [0.15, 0.2) is 0 Å². The minimum atomic E-state index is -0.356. The number of likely N-dealkylation sites (tertiary alicyclic amines) is 1. The molecule has 0 aromatic heterocycles. The van der Waals surface area contributed by atoms with Crippen LogP contribution in [0.4, 0.5) is 5.69 Å². The average molecular weight is 326 g/mol. The molecule has 1 unspecified atom stereocenters. The smallest absolute Gasteiger partial charge is 0.227 e. The molecule has 2 heterocycles. The highest BCUT2D eigenvalue weighted by Gasteiger charge is 2.39. The van der Waals surface area contributed by atoms with Crippen LogP contribution in [-0.2, 0) is 9.59 Å². The van der Waals surface area contributed by atoms with Gasteiger partial charge in [0, 0.05) is 33.1 Å². The van der Waals surface area contributed by atoms with Crippen LogP contribution in [0.3, 0.4) is 0 Å². The van der Waals surface area contributed by atoms with Crippen LogP contribution in [0.25, 0.3) is 0 Å². The summed E-state index contributed by atoms with van der Waals surface area (Å²) in [4.78, 5) is 27.9. The Hall–Kier alpha value is -2.55. The van der Waals surface area contributed by atoms with Gasteiger partial charge < -0.3 is 15.1 Å². The Morgan fingerprint density at radius 2 is 2.08 bits per heavy atom. The summed E-state index contributed by atoms with van der Waals surface area (Å²) in [6, 6.07) is 9.64. The van der Waals surface area contributed by atoms with Crippen LogP contribution in [0.1, 0.15) is 25.3 Å². The number of carbonyl (C=O) groups excluding carboxylic acids is 2. The molecule has 6 heteroatoms. The molecule has 2 saturated heterocycles. The van der Waals surface area contributed by atoms with E-state index in [-0.39, 0.29) is 23.3 Å². The molecule has 0 radical (unpaired) electrons. The van der Waals surface area contributed by atoms with Gasteiger partial charge in [0.25, 0.3) is 0 Å². The Labute approximate surface area is 142 Å². The van der Waals surface area contributed by atoms with Crippen LogP contribution < -0.4 is 10.2 Å². The molecule has 24 heavy (non-hydrogen) atoms. The van der Waals surface area contributed by atoms with E-state index >= 15 is 0 Å². The van der Waals surface area contributed by atoms with E-state index in [0.29, 0.717) is 38.0 Å². The number of nitrogens with zero attached hydrogens (tertiary/aromatic N) is 3. The lowest BCUT2D eigenvalue weighted by atomic mass is 9.89. The summed E-state index contributed by atoms with van der Waals surface area (Å²) in [5, 5.41) is 12.3. The Balaban J connectivity index is 1.57. The minimum absolute atomic E-state index is 0.0333. The molecule has 3 rings (SSSR count). The fourth-order valence-corrected chi connectivity index (χ4v) is 3.45. The van der Waals surface area contributed by atoms with E-state index in [4.69, 9.17) is 0 Å². The molecule has 0 aliphatic carbocycles. The van der Waals surface area contributed by atoms with Gasteiger partial charge >= 0.3 is 0 Å². The fraction of sp³-hybridized carbons (Fsp3) is 0.500. The van der Waals surface area contributed by atoms with E-state index in [2.05, 4.69) is 16.3 Å². The molecule has 1 aromatic rings. The van der Waals surface area contributed by atoms with Gasteiger partial charge in [0.1, 0.15) is 6.07 Å². The number of hydrogen-bond donors (Lipinski definition) is 1. The molecule has 2 amide bonds. The van der Waals surface area contributed by atoms with Gasteiger partial charge in [-0.2, -0.15) is 5.26 Å². The molecule has 2 aliphatic heterocycles. The summed E-state index contributed by atoms with van der Waals surface area (Å²) < 4.78 is 0. The van der Waals surface area contributed by atoms with Gasteiger partial charge in [-0.25, -0.2) is 0 Å². The lowest BCUT2D eigenvalue weighted by Gasteiger charge is -2.44. The minimum Gasteiger partial charge on any atom is -0.369 e. The van der Waals surface area contributed by atoms with Crippen LogP contribution in [-0.4, -0.2) is 48.9 Å². The first-order valence-electron chi connectivity index (χ1n) is 8.22. The molecule has 2 fully saturated rings. The molecule has 6 nitrogen and oxygen atoms in total. The number of carbonyl (C=O) groups is 2. The summed E-state index contributed by atoms with van der Waals surface area (Å²) in [6.07, 6.45) is 1.15. The fourth-order valence-electron chi connectivity index (χ4n) is 3.45. The largest absolute Gasteiger partial charge is 0.369 e. The molecule has 0 spiro atoms. The molecule has 1 atom stereocenters. The second-order valence-corrected chi connectivity index (χ2v) is 7.03. The first-order chi connectivity index (χ1) is 11.4. The van der Waals surface area contributed by atoms with Gasteiger partial charge in [-0.15, -0.1) is 0 Å². The first kappa shape index (κ1) is 16.3. The highest BCUT2D eigenvalue weighted by Crippen LogP contribution is 2.29. The van der Waals surface area contributed by atoms with Gasteiger partial charge in [-0.05, 0) is 25.5 Å². The number of hydrogen-bond acceptors (Lipinski definition) is 4. The van der Waals surface area contributed by atoms with E-state index in [9.17, 15) is 14.9 Å². The number of para-hydroxylation sites is 1. The summed E-state index contributed by atoms with van der Waals surface area (Å²) in [5.41, 5.74) is 1.17. The second-order valence-electron chi connectivity index (χ2n) is 7.03. The molecular formula is C18H22N4O2. The zero-order valence-electron chi connectivity index (χ0n) is 14.1. The molecule has 0 bridgehead atoms. The quantitative estimate of drug-likeness (QED) is 0.903. The third kappa shape index (κ3) is 3.07. The van der Waals surface area contributed by atoms with Crippen LogP contribution in [0, 0.1) is 17.2 Å². The summed E-state index contributed by atoms with van der Waals surface area (Å²) in [7, 11) is 1.77. The molecule has 1 aromatic carbocycles. The standard InChI is InChI=1S/C18H22N4O2/c1-18(8-7-16(23)21(2)12-18)20-17(24)14-10-22(11-14)15-6-4-3-5-13(15)9-19/h3-6,14H,7-8,10-12H2,1-2H3,(H,20,24). The lowest BCUT2D eigenvalue weighted by molar-refractivity contribution is -0.137. The van der Waals surface area contributed by atoms with Crippen molar-refractivity contribution < 1.29 is 9.59 Å². The average Bonchev–Trinajstić information content (AvgIpc) is 2.50. The van der Waals surface area contributed by atoms with E-state index in [0.717, 1.165) is 5.69 Å². The summed E-state index contributed by atoms with van der Waals surface area (Å²) in [5.74, 6) is 0.0899. The maximum absolute atomic E-state index is 12.5. The molecule has 0 saturated carbocycles. The van der Waals surface area contributed by atoms with Gasteiger partial charge in [-0.1, -0.05) is 12.1 Å². The third-order valence-corrected chi connectivity index (χ3v) is 4.95. The maximum atomic E-state index is 12.5. The Morgan fingerprint density at radius 1 is 1.38 bits per heavy atom. The number of rotatable bonds is 3. The van der Waals surface area contributed by atoms with Gasteiger partial charge in [0.2, 0.25) is 11.8 Å². The van der Waals surface area contributed by atoms with Crippen LogP contribution in [0.2, 0.25) is 0 Å². The van der Waals surface area contributed by atoms with Crippen molar-refractivity contribution >= 4 is 17.5 Å². The van der Waals surface area contributed by atoms with Crippen molar-refractivity contribution in [3.8, 4) is 6.07 Å². The highest BCUT2D eigenvalue weighted by molar-refractivity contribution is 5.84. The van der Waals surface area contributed by atoms with Crippen LogP contribution >= 0.6 is 0 Å². The number of piperidine rings is 1. The number of nitrogens with one attached hydrogen (secondary N) is 1. The van der Waals surface area contributed by atoms with E-state index in [1.54, 1.807) is 18.0 Å². The molecular weight excluding hydrogens is 304 g/mol. The zero-order valence-corrected chi connectivity index (χ0v) is 14.1. The monoisotopic (exact) mass is 326 g/mol. The normalized spacial score (nSPS) is 24.3. The number of benzene rings is 1. The van der Waals surface area contributed by atoms with Crippen LogP contribution in [0.5, 0.6) is 0 Å². The van der Waals surface area contributed by atoms with Crippen molar-refractivity contribution in [2.75, 3.05) is 31.6 Å². The van der Waals surface area contributed by atoms with E-state index in [1.165, 1.54) is 0 Å². The van der Waals surface area contributed by atoms with Crippen molar-refractivity contribution in [2.45, 2.75) is 25.3 Å². The summed E-state index contributed by atoms with van der Waals surface area (Å²) >= 11 is 0. The predicted octanol–water partition coefficient (Wildman–Crippen LogP) is 1.12. The SMILES string of the molecule is CN1CC(C)(NC(=O)C2CN(c3ccccc3C#N)C2)CCC1=O. The molecule has 2 aliphatic rings. The van der Waals surface area contributed by atoms with Crippen molar-refractivity contribution in [1.82, 2.24) is 10.2 Å². The number of nitriles is 1. The zero-order chi connectivity index (χ0) is 17.3. The second kappa shape index (κ2) is 6.16. The molecule has 1 N–H and O–H groups in total. The van der Waals surface area contributed by atoms with Crippen molar-refractivity contribution in [3.05, 3.63) is 29.8 Å². The first-order valence-corrected chi connectivity index (χ1v) is 8.22. The number of likely N-dealkylation sites (N-methyl/N-ethyl adjacent to an activating group) is 1. The van der Waals surface area contributed by atoms with Gasteiger partial charge in [-0.3, -0.25) is 9.59 Å². The summed E-state index contributed by atoms with van der Waals surface area (Å²) in [6.45, 7) is 3.78. The molecule has 126 valence electrons. The van der Waals surface area contributed by atoms with Gasteiger partial charge in [0.05, 0.1) is 22.7 Å². The maximum Gasteiger partial charge on any atom is 0.227 e. The third-order valence-electron chi connectivity index (χ3n) is 4.95. The Morgan fingerprint density at radius 3 is 2.75 bits per heavy atom. The Bertz CT molecular complexity index is 705. The van der Waals surface area contributed by atoms with Crippen molar-refractivity contribution in [3.63, 3.8) is 0 Å². The topological polar surface area (TPSA) is 76.4 Å². The number of anilines is 1. The van der Waals surface area contributed by atoms with Crippen molar-refractivity contribution in [1.29, 1.82) is 5.26 Å². The van der Waals surface area contributed by atoms with E-state index in [1.807, 2.05) is 25.1 Å². The number of amides is 2. The Kier molecular flexibility index (Phi) is 4.18. The lowest BCUT2D eigenvalue weighted by Crippen LogP contribution is -2.62. The predicted molar refractivity (Wildman–Crippen MR) is 90.3 cm³/mol. The van der Waals surface area contributed by atoms with E-state index < -0.39 is 0 Å². The highest BCUT2D eigenvalue weighted by atomic mass is 16.2. The van der Waals surface area contributed by atoms with Crippen molar-refractivity contribution in [2.24, 2.45) is 5.92 Å².